The van der Waals surface area contributed by atoms with Gasteiger partial charge in [0.2, 0.25) is 0 Å². The summed E-state index contributed by atoms with van der Waals surface area (Å²) < 4.78 is 62.6. The molecule has 2 aliphatic heterocycles. The molecule has 46 heavy (non-hydrogen) atoms. The predicted molar refractivity (Wildman–Crippen MR) is 180 cm³/mol. The van der Waals surface area contributed by atoms with Gasteiger partial charge in [-0.15, -0.1) is 12.4 Å². The quantitative estimate of drug-likeness (QED) is 0.224. The summed E-state index contributed by atoms with van der Waals surface area (Å²) >= 11 is 0. The van der Waals surface area contributed by atoms with Crippen molar-refractivity contribution in [2.24, 2.45) is 14.1 Å². The molecule has 2 aliphatic rings. The number of carbonyl (C=O) groups is 2. The Hall–Kier alpha value is -4.87. The number of hydrogen-bond acceptors (Lipinski definition) is 5. The Bertz CT molecular complexity index is 2340. The zero-order chi connectivity index (χ0) is 38.4. The average molecular weight is 651 g/mol. The Morgan fingerprint density at radius 1 is 0.848 bits per heavy atom. The molecule has 0 spiro atoms. The van der Waals surface area contributed by atoms with E-state index in [1.165, 1.54) is 0 Å². The van der Waals surface area contributed by atoms with Crippen LogP contribution in [0.4, 0.5) is 0 Å². The lowest BCUT2D eigenvalue weighted by atomic mass is 10.0. The van der Waals surface area contributed by atoms with Crippen LogP contribution in [-0.4, -0.2) is 64.0 Å². The number of halogens is 1. The molecule has 0 aliphatic carbocycles. The van der Waals surface area contributed by atoms with Crippen LogP contribution >= 0.6 is 12.4 Å². The summed E-state index contributed by atoms with van der Waals surface area (Å²) in [6.45, 7) is -3.91. The largest absolute Gasteiger partial charge is 0.390 e. The molecule has 0 bridgehead atoms. The minimum atomic E-state index is -2.40. The number of carbonyl (C=O) groups excluding carboxylic acids is 2. The molecular weight excluding hydrogens is 604 g/mol. The van der Waals surface area contributed by atoms with Gasteiger partial charge in [-0.25, -0.2) is 9.97 Å². The number of nitrogens with one attached hydrogen (secondary N) is 3. The van der Waals surface area contributed by atoms with Crippen molar-refractivity contribution in [2.45, 2.75) is 39.7 Å². The Morgan fingerprint density at radius 2 is 1.41 bits per heavy atom. The number of fused-ring (bicyclic) bond motifs is 6. The van der Waals surface area contributed by atoms with Gasteiger partial charge in [0.1, 0.15) is 2.74 Å². The van der Waals surface area contributed by atoms with Crippen LogP contribution in [0.2, 0.25) is 0 Å². The summed E-state index contributed by atoms with van der Waals surface area (Å²) in [5.41, 5.74) is 5.84. The maximum Gasteiger partial charge on any atom is 0.256 e. The second-order valence-corrected chi connectivity index (χ2v) is 10.8. The van der Waals surface area contributed by atoms with Crippen LogP contribution in [-0.2, 0) is 40.1 Å². The number of amides is 2. The monoisotopic (exact) mass is 650 g/mol. The number of aliphatic hydroxyl groups excluding tert-OH is 1. The molecule has 2 amide bonds. The van der Waals surface area contributed by atoms with E-state index in [1.807, 2.05) is 61.1 Å². The van der Waals surface area contributed by atoms with Crippen LogP contribution in [0.15, 0.2) is 61.1 Å². The fourth-order valence-corrected chi connectivity index (χ4v) is 5.97. The topological polar surface area (TPSA) is 137 Å². The molecule has 240 valence electrons. The van der Waals surface area contributed by atoms with E-state index in [4.69, 9.17) is 16.1 Å². The van der Waals surface area contributed by atoms with Crippen molar-refractivity contribution < 1.29 is 25.7 Å². The van der Waals surface area contributed by atoms with E-state index in [-0.39, 0.29) is 66.1 Å². The zero-order valence-electron chi connectivity index (χ0n) is 33.3. The first-order valence-electron chi connectivity index (χ1n) is 18.4. The lowest BCUT2D eigenvalue weighted by Gasteiger charge is -2.27. The molecule has 4 aromatic heterocycles. The van der Waals surface area contributed by atoms with E-state index in [0.717, 1.165) is 51.7 Å². The van der Waals surface area contributed by atoms with E-state index in [0.29, 0.717) is 18.5 Å². The molecule has 6 heterocycles. The number of aryl methyl sites for hydroxylation is 4. The van der Waals surface area contributed by atoms with Crippen LogP contribution in [0, 0.1) is 13.7 Å². The van der Waals surface area contributed by atoms with Gasteiger partial charge in [0.05, 0.1) is 48.3 Å². The molecule has 0 saturated carbocycles. The number of benzene rings is 2. The smallest absolute Gasteiger partial charge is 0.256 e. The summed E-state index contributed by atoms with van der Waals surface area (Å²) in [7, 11) is 3.98. The summed E-state index contributed by atoms with van der Waals surface area (Å²) in [4.78, 5) is 38.7. The fraction of sp³-hybridized carbons (Fsp3) is 0.294. The Labute approximate surface area is 284 Å². The molecule has 0 atom stereocenters. The molecule has 6 aromatic rings. The van der Waals surface area contributed by atoms with Crippen molar-refractivity contribution in [2.75, 3.05) is 13.1 Å². The summed E-state index contributed by atoms with van der Waals surface area (Å²) in [6, 6.07) is 15.8. The normalized spacial score (nSPS) is 16.7. The lowest BCUT2D eigenvalue weighted by Crippen LogP contribution is -2.37. The van der Waals surface area contributed by atoms with E-state index >= 15 is 0 Å². The second kappa shape index (κ2) is 13.6. The number of aliphatic hydroxyl groups is 1. The Morgan fingerprint density at radius 3 is 2.02 bits per heavy atom. The fourth-order valence-electron chi connectivity index (χ4n) is 5.97. The molecule has 4 N–H and O–H groups in total. The first kappa shape index (κ1) is 23.5. The standard InChI is InChI=1S/C17H18N4O.C12H12N2O.C5H8N2O.ClH/c1-11-13(19-10-18-11)9-21-8-7-15-16(17(21)22)12-5-3-4-6-14(12)20(15)2;1-14-9-5-3-2-4-8(9)11-10(14)6-7-13-12(11)15;1-4-5(2-8)7-3-6-4;/h3-6,10H,7-9H2,1-2H3,(H,18,19);2-5H,6-7H2,1H3,(H,13,15);3,8H,2H2,1H3,(H,6,7);1H/i1D3,10D;;1D3,3D;. The van der Waals surface area contributed by atoms with Crippen molar-refractivity contribution >= 4 is 46.0 Å². The van der Waals surface area contributed by atoms with Gasteiger partial charge < -0.3 is 34.4 Å². The van der Waals surface area contributed by atoms with Crippen LogP contribution in [0.1, 0.15) is 65.8 Å². The van der Waals surface area contributed by atoms with Gasteiger partial charge in [-0.3, -0.25) is 9.59 Å². The number of aromatic amines is 2. The van der Waals surface area contributed by atoms with Gasteiger partial charge in [0.15, 0.2) is 0 Å². The van der Waals surface area contributed by atoms with Crippen molar-refractivity contribution in [1.82, 2.24) is 39.3 Å². The second-order valence-electron chi connectivity index (χ2n) is 10.8. The minimum Gasteiger partial charge on any atom is -0.390 e. The highest BCUT2D eigenvalue weighted by Crippen LogP contribution is 2.31. The van der Waals surface area contributed by atoms with Crippen molar-refractivity contribution in [3.8, 4) is 0 Å². The SMILES string of the molecule is Cl.Cn1c2c(c3ccccc31)C(=O)NCC2.[2H]c1nc(CN2CCc3c(c4ccccc4n3C)C2=O)c(C([2H])([2H])[2H])[nH]1.[2H]c1nc(CO)c(C([2H])([2H])[2H])[nH]1. The molecule has 11 nitrogen and oxygen atoms in total. The van der Waals surface area contributed by atoms with Gasteiger partial charge >= 0.3 is 0 Å². The molecule has 0 fully saturated rings. The van der Waals surface area contributed by atoms with Gasteiger partial charge in [-0.05, 0) is 25.8 Å². The summed E-state index contributed by atoms with van der Waals surface area (Å²) in [5, 5.41) is 13.5. The highest BCUT2D eigenvalue weighted by molar-refractivity contribution is 6.10. The van der Waals surface area contributed by atoms with Crippen LogP contribution < -0.4 is 5.32 Å². The molecule has 0 radical (unpaired) electrons. The summed E-state index contributed by atoms with van der Waals surface area (Å²) in [6.07, 6.45) is 1.16. The molecule has 0 unspecified atom stereocenters. The highest BCUT2D eigenvalue weighted by atomic mass is 35.5. The van der Waals surface area contributed by atoms with Gasteiger partial charge in [0.25, 0.3) is 11.8 Å². The first-order valence-corrected chi connectivity index (χ1v) is 14.4. The maximum absolute atomic E-state index is 13.1. The number of imidazole rings is 2. The van der Waals surface area contributed by atoms with E-state index < -0.39 is 20.3 Å². The highest BCUT2D eigenvalue weighted by Gasteiger charge is 2.30. The molecular formula is C34H39ClN8O3. The van der Waals surface area contributed by atoms with Crippen LogP contribution in [0.25, 0.3) is 21.8 Å². The van der Waals surface area contributed by atoms with Crippen LogP contribution in [0.5, 0.6) is 0 Å². The number of nitrogens with zero attached hydrogens (tertiary/aromatic N) is 5. The first-order chi connectivity index (χ1) is 25.0. The maximum atomic E-state index is 13.1. The minimum absolute atomic E-state index is 0. The van der Waals surface area contributed by atoms with E-state index in [2.05, 4.69) is 35.9 Å². The van der Waals surface area contributed by atoms with Crippen molar-refractivity contribution in [3.05, 3.63) is 106 Å². The third-order valence-electron chi connectivity index (χ3n) is 8.26. The van der Waals surface area contributed by atoms with Crippen molar-refractivity contribution in [1.29, 1.82) is 0 Å². The Kier molecular flexibility index (Phi) is 6.96. The number of aromatic nitrogens is 6. The average Bonchev–Trinajstić information content (AvgIpc) is 3.85. The molecule has 2 aromatic carbocycles. The van der Waals surface area contributed by atoms with Crippen LogP contribution in [0.3, 0.4) is 0 Å². The van der Waals surface area contributed by atoms with E-state index in [1.54, 1.807) is 4.90 Å². The van der Waals surface area contributed by atoms with Gasteiger partial charge in [-0.1, -0.05) is 36.4 Å². The molecule has 0 saturated heterocycles. The van der Waals surface area contributed by atoms with Gasteiger partial charge in [0, 0.05) is 92.8 Å². The van der Waals surface area contributed by atoms with Crippen molar-refractivity contribution in [3.63, 3.8) is 0 Å². The predicted octanol–water partition coefficient (Wildman–Crippen LogP) is 4.50. The number of para-hydroxylation sites is 2. The summed E-state index contributed by atoms with van der Waals surface area (Å²) in [5.74, 6) is -0.0675. The molecule has 12 heteroatoms. The third kappa shape index (κ3) is 5.91. The zero-order valence-corrected chi connectivity index (χ0v) is 26.1. The number of H-pyrrole nitrogens is 2. The number of rotatable bonds is 3. The number of hydrogen-bond donors (Lipinski definition) is 4. The third-order valence-corrected chi connectivity index (χ3v) is 8.26. The van der Waals surface area contributed by atoms with Gasteiger partial charge in [-0.2, -0.15) is 0 Å². The Balaban J connectivity index is 0.000000170. The van der Waals surface area contributed by atoms with E-state index in [9.17, 15) is 9.59 Å². The molecule has 8 rings (SSSR count). The lowest BCUT2D eigenvalue weighted by molar-refractivity contribution is 0.0725.